The topological polar surface area (TPSA) is 117 Å². The lowest BCUT2D eigenvalue weighted by Crippen LogP contribution is -2.28. The van der Waals surface area contributed by atoms with E-state index in [-0.39, 0.29) is 30.4 Å². The third-order valence-electron chi connectivity index (χ3n) is 3.83. The minimum Gasteiger partial charge on any atom is -0.387 e. The summed E-state index contributed by atoms with van der Waals surface area (Å²) in [7, 11) is 0. The Bertz CT molecular complexity index is 1010. The van der Waals surface area contributed by atoms with E-state index in [2.05, 4.69) is 20.8 Å². The number of nitrogens with zero attached hydrogens (tertiary/aromatic N) is 2. The van der Waals surface area contributed by atoms with Crippen LogP contribution in [0.5, 0.6) is 0 Å². The minimum atomic E-state index is -0.927. The molecule has 0 aliphatic rings. The van der Waals surface area contributed by atoms with Crippen LogP contribution in [0.3, 0.4) is 0 Å². The zero-order chi connectivity index (χ0) is 20.8. The molecule has 1 heterocycles. The van der Waals surface area contributed by atoms with Crippen LogP contribution in [0, 0.1) is 11.6 Å². The molecule has 2 amide bonds. The Morgan fingerprint density at radius 2 is 1.90 bits per heavy atom. The Morgan fingerprint density at radius 3 is 2.62 bits per heavy atom. The van der Waals surface area contributed by atoms with Crippen molar-refractivity contribution >= 4 is 17.5 Å². The minimum absolute atomic E-state index is 0.0785. The summed E-state index contributed by atoms with van der Waals surface area (Å²) in [5.41, 5.74) is 0.427. The van der Waals surface area contributed by atoms with Crippen molar-refractivity contribution in [2.45, 2.75) is 12.5 Å². The van der Waals surface area contributed by atoms with Gasteiger partial charge in [-0.1, -0.05) is 35.5 Å². The van der Waals surface area contributed by atoms with Crippen LogP contribution < -0.4 is 10.6 Å². The fraction of sp³-hybridized carbons (Fsp3) is 0.158. The van der Waals surface area contributed by atoms with Gasteiger partial charge in [0.25, 0.3) is 0 Å². The predicted octanol–water partition coefficient (Wildman–Crippen LogP) is 1.99. The van der Waals surface area contributed by atoms with Crippen molar-refractivity contribution in [1.82, 2.24) is 15.5 Å². The first-order valence-corrected chi connectivity index (χ1v) is 8.51. The number of rotatable bonds is 7. The number of hydrogen-bond acceptors (Lipinski definition) is 6. The molecule has 3 N–H and O–H groups in total. The second kappa shape index (κ2) is 9.02. The molecule has 0 fully saturated rings. The van der Waals surface area contributed by atoms with Gasteiger partial charge < -0.3 is 20.3 Å². The highest BCUT2D eigenvalue weighted by Crippen LogP contribution is 2.15. The largest absolute Gasteiger partial charge is 0.387 e. The summed E-state index contributed by atoms with van der Waals surface area (Å²) in [6, 6.07) is 11.5. The first-order chi connectivity index (χ1) is 13.9. The van der Waals surface area contributed by atoms with Gasteiger partial charge in [0.05, 0.1) is 18.2 Å². The summed E-state index contributed by atoms with van der Waals surface area (Å²) in [6.45, 7) is -0.0785. The second-order valence-corrected chi connectivity index (χ2v) is 6.00. The molecular weight excluding hydrogens is 386 g/mol. The third kappa shape index (κ3) is 5.42. The van der Waals surface area contributed by atoms with Crippen LogP contribution in [0.1, 0.15) is 28.2 Å². The smallest absolute Gasteiger partial charge is 0.315 e. The number of carbonyl (C=O) groups is 2. The number of benzene rings is 2. The zero-order valence-electron chi connectivity index (χ0n) is 14.9. The number of halogens is 2. The maximum absolute atomic E-state index is 13.6. The van der Waals surface area contributed by atoms with Gasteiger partial charge in [0.2, 0.25) is 5.91 Å². The van der Waals surface area contributed by atoms with Crippen molar-refractivity contribution in [3.63, 3.8) is 0 Å². The number of aliphatic hydroxyl groups excluding tert-OH is 1. The van der Waals surface area contributed by atoms with Crippen LogP contribution in [0.25, 0.3) is 0 Å². The van der Waals surface area contributed by atoms with Crippen molar-refractivity contribution in [3.8, 4) is 0 Å². The number of aromatic nitrogens is 2. The second-order valence-electron chi connectivity index (χ2n) is 6.00. The predicted molar refractivity (Wildman–Crippen MR) is 96.7 cm³/mol. The Labute approximate surface area is 163 Å². The Hall–Kier alpha value is -3.66. The molecule has 0 saturated carbocycles. The molecule has 0 aliphatic heterocycles. The highest BCUT2D eigenvalue weighted by Gasteiger charge is 2.19. The Kier molecular flexibility index (Phi) is 6.25. The van der Waals surface area contributed by atoms with Crippen molar-refractivity contribution < 1.29 is 28.0 Å². The summed E-state index contributed by atoms with van der Waals surface area (Å²) >= 11 is 0. The van der Waals surface area contributed by atoms with Crippen LogP contribution >= 0.6 is 0 Å². The van der Waals surface area contributed by atoms with Gasteiger partial charge >= 0.3 is 11.8 Å². The quantitative estimate of drug-likeness (QED) is 0.556. The number of carbonyl (C=O) groups excluding carboxylic acids is 2. The van der Waals surface area contributed by atoms with Gasteiger partial charge in [-0.05, 0) is 17.7 Å². The molecule has 3 aromatic rings. The monoisotopic (exact) mass is 402 g/mol. The first kappa shape index (κ1) is 20.1. The number of anilines is 1. The fourth-order valence-corrected chi connectivity index (χ4v) is 2.40. The molecule has 3 rings (SSSR count). The van der Waals surface area contributed by atoms with Crippen LogP contribution in [0.4, 0.5) is 14.5 Å². The van der Waals surface area contributed by atoms with E-state index in [1.807, 2.05) is 0 Å². The third-order valence-corrected chi connectivity index (χ3v) is 3.83. The molecule has 0 spiro atoms. The van der Waals surface area contributed by atoms with E-state index in [0.29, 0.717) is 11.6 Å². The molecule has 0 unspecified atom stereocenters. The van der Waals surface area contributed by atoms with Crippen LogP contribution in [0.2, 0.25) is 0 Å². The van der Waals surface area contributed by atoms with E-state index < -0.39 is 29.6 Å². The Morgan fingerprint density at radius 1 is 1.14 bits per heavy atom. The number of nitrogens with one attached hydrogen (secondary N) is 2. The average Bonchev–Trinajstić information content (AvgIpc) is 3.17. The molecule has 0 radical (unpaired) electrons. The van der Waals surface area contributed by atoms with Crippen molar-refractivity contribution in [2.75, 3.05) is 11.9 Å². The zero-order valence-corrected chi connectivity index (χ0v) is 14.9. The van der Waals surface area contributed by atoms with Gasteiger partial charge in [0, 0.05) is 12.6 Å². The molecular formula is C19H16F2N4O4. The van der Waals surface area contributed by atoms with Gasteiger partial charge in [-0.25, -0.2) is 8.78 Å². The molecule has 1 atom stereocenters. The molecule has 8 nitrogen and oxygen atoms in total. The van der Waals surface area contributed by atoms with Gasteiger partial charge in [-0.2, -0.15) is 4.98 Å². The fourth-order valence-electron chi connectivity index (χ4n) is 2.40. The van der Waals surface area contributed by atoms with Gasteiger partial charge in [-0.3, -0.25) is 9.59 Å². The molecule has 29 heavy (non-hydrogen) atoms. The van der Waals surface area contributed by atoms with Crippen molar-refractivity contribution in [3.05, 3.63) is 77.4 Å². The summed E-state index contributed by atoms with van der Waals surface area (Å²) < 4.78 is 31.2. The highest BCUT2D eigenvalue weighted by molar-refractivity contribution is 5.92. The van der Waals surface area contributed by atoms with Crippen LogP contribution in [-0.2, 0) is 11.2 Å². The average molecular weight is 402 g/mol. The van der Waals surface area contributed by atoms with E-state index in [9.17, 15) is 23.5 Å². The van der Waals surface area contributed by atoms with E-state index in [0.717, 1.165) is 12.1 Å². The first-order valence-electron chi connectivity index (χ1n) is 8.51. The summed E-state index contributed by atoms with van der Waals surface area (Å²) in [5.74, 6) is -3.58. The summed E-state index contributed by atoms with van der Waals surface area (Å²) in [6.07, 6.45) is -1.31. The molecule has 0 bridgehead atoms. The molecule has 0 saturated heterocycles. The van der Waals surface area contributed by atoms with Gasteiger partial charge in [0.15, 0.2) is 5.82 Å². The number of hydrogen-bond donors (Lipinski definition) is 3. The van der Waals surface area contributed by atoms with Crippen LogP contribution in [0.15, 0.2) is 53.1 Å². The number of aliphatic hydroxyl groups is 1. The molecule has 0 aliphatic carbocycles. The Balaban J connectivity index is 1.53. The van der Waals surface area contributed by atoms with Crippen LogP contribution in [-0.4, -0.2) is 33.6 Å². The number of amides is 2. The normalized spacial score (nSPS) is 11.7. The molecule has 10 heteroatoms. The lowest BCUT2D eigenvalue weighted by molar-refractivity contribution is -0.115. The molecule has 1 aromatic heterocycles. The van der Waals surface area contributed by atoms with E-state index in [4.69, 9.17) is 4.52 Å². The summed E-state index contributed by atoms with van der Waals surface area (Å²) in [5, 5.41) is 18.2. The van der Waals surface area contributed by atoms with E-state index in [1.165, 1.54) is 0 Å². The lowest BCUT2D eigenvalue weighted by Gasteiger charge is -2.10. The lowest BCUT2D eigenvalue weighted by atomic mass is 10.1. The summed E-state index contributed by atoms with van der Waals surface area (Å²) in [4.78, 5) is 27.8. The standard InChI is InChI=1S/C19H16F2N4O4/c20-12-6-7-14(13(21)8-12)23-17(27)9-16-24-19(29-25-16)18(28)22-10-15(26)11-4-2-1-3-5-11/h1-8,15,26H,9-10H2,(H,22,28)(H,23,27)/t15-/m1/s1. The van der Waals surface area contributed by atoms with E-state index in [1.54, 1.807) is 30.3 Å². The highest BCUT2D eigenvalue weighted by atomic mass is 19.1. The van der Waals surface area contributed by atoms with Crippen molar-refractivity contribution in [1.29, 1.82) is 0 Å². The van der Waals surface area contributed by atoms with Gasteiger partial charge in [-0.15, -0.1) is 0 Å². The SMILES string of the molecule is O=C(Cc1noc(C(=O)NC[C@@H](O)c2ccccc2)n1)Nc1ccc(F)cc1F. The van der Waals surface area contributed by atoms with Crippen molar-refractivity contribution in [2.24, 2.45) is 0 Å². The van der Waals surface area contributed by atoms with E-state index >= 15 is 0 Å². The maximum atomic E-state index is 13.6. The maximum Gasteiger partial charge on any atom is 0.315 e. The molecule has 2 aromatic carbocycles. The van der Waals surface area contributed by atoms with Gasteiger partial charge in [0.1, 0.15) is 11.6 Å². The molecule has 150 valence electrons.